The van der Waals surface area contributed by atoms with Crippen molar-refractivity contribution in [2.24, 2.45) is 0 Å². The van der Waals surface area contributed by atoms with Gasteiger partial charge < -0.3 is 0 Å². The van der Waals surface area contributed by atoms with Crippen molar-refractivity contribution in [2.75, 3.05) is 0 Å². The number of nitrogens with zero attached hydrogens (tertiary/aromatic N) is 1. The monoisotopic (exact) mass is 431 g/mol. The van der Waals surface area contributed by atoms with E-state index in [9.17, 15) is 9.59 Å². The summed E-state index contributed by atoms with van der Waals surface area (Å²) in [4.78, 5) is 24.1. The predicted octanol–water partition coefficient (Wildman–Crippen LogP) is 4.18. The van der Waals surface area contributed by atoms with E-state index in [2.05, 4.69) is 31.9 Å². The van der Waals surface area contributed by atoms with Gasteiger partial charge in [-0.3, -0.25) is 9.59 Å². The SMILES string of the molecule is O=C1c2ccccc2C(=O)N1SC(Cl)(Br)C(Cl)Br. The van der Waals surface area contributed by atoms with Crippen LogP contribution in [0.15, 0.2) is 24.3 Å². The lowest BCUT2D eigenvalue weighted by Crippen LogP contribution is -2.30. The fourth-order valence-electron chi connectivity index (χ4n) is 1.41. The largest absolute Gasteiger partial charge is 0.271 e. The smallest absolute Gasteiger partial charge is 0.268 e. The Balaban J connectivity index is 2.30. The highest BCUT2D eigenvalue weighted by atomic mass is 79.9. The molecule has 0 fully saturated rings. The van der Waals surface area contributed by atoms with E-state index in [1.807, 2.05) is 0 Å². The molecule has 0 saturated carbocycles. The van der Waals surface area contributed by atoms with Crippen LogP contribution in [0.4, 0.5) is 0 Å². The number of carbonyl (C=O) groups excluding carboxylic acids is 2. The number of carbonyl (C=O) groups is 2. The molecule has 1 aliphatic rings. The van der Waals surface area contributed by atoms with Crippen molar-refractivity contribution < 1.29 is 9.59 Å². The summed E-state index contributed by atoms with van der Waals surface area (Å²) in [5.41, 5.74) is 0.742. The minimum atomic E-state index is -1.19. The summed E-state index contributed by atoms with van der Waals surface area (Å²) < 4.78 is -0.855. The topological polar surface area (TPSA) is 37.4 Å². The van der Waals surface area contributed by atoms with Gasteiger partial charge in [-0.2, -0.15) is 0 Å². The number of fused-ring (bicyclic) bond motifs is 1. The number of benzene rings is 1. The molecule has 1 aromatic carbocycles. The Morgan fingerprint density at radius 3 is 2.06 bits per heavy atom. The van der Waals surface area contributed by atoms with Crippen molar-refractivity contribution >= 4 is 78.8 Å². The first-order valence-corrected chi connectivity index (χ1v) is 7.97. The maximum atomic E-state index is 12.1. The van der Waals surface area contributed by atoms with E-state index in [1.54, 1.807) is 24.3 Å². The maximum Gasteiger partial charge on any atom is 0.271 e. The van der Waals surface area contributed by atoms with Crippen LogP contribution in [0, 0.1) is 0 Å². The van der Waals surface area contributed by atoms with Gasteiger partial charge in [-0.05, 0) is 24.1 Å². The highest BCUT2D eigenvalue weighted by molar-refractivity contribution is 9.14. The number of imide groups is 1. The van der Waals surface area contributed by atoms with Crippen LogP contribution in [0.2, 0.25) is 0 Å². The second-order valence-corrected chi connectivity index (χ2v) is 9.53. The fraction of sp³-hybridized carbons (Fsp3) is 0.200. The normalized spacial score (nSPS) is 19.7. The van der Waals surface area contributed by atoms with Gasteiger partial charge in [-0.15, -0.1) is 11.6 Å². The maximum absolute atomic E-state index is 12.1. The van der Waals surface area contributed by atoms with E-state index in [0.717, 1.165) is 16.3 Å². The number of rotatable bonds is 3. The van der Waals surface area contributed by atoms with Gasteiger partial charge in [-0.1, -0.05) is 55.6 Å². The number of alkyl halides is 4. The average Bonchev–Trinajstić information content (AvgIpc) is 2.55. The van der Waals surface area contributed by atoms with Crippen molar-refractivity contribution in [1.82, 2.24) is 4.31 Å². The lowest BCUT2D eigenvalue weighted by Gasteiger charge is -2.24. The summed E-state index contributed by atoms with van der Waals surface area (Å²) >= 11 is 19.0. The molecule has 0 radical (unpaired) electrons. The highest BCUT2D eigenvalue weighted by Crippen LogP contribution is 2.48. The molecular weight excluding hydrogens is 429 g/mol. The number of hydrogen-bond acceptors (Lipinski definition) is 3. The zero-order valence-electron chi connectivity index (χ0n) is 8.57. The molecule has 18 heavy (non-hydrogen) atoms. The standard InChI is InChI=1S/C10H5Br2Cl2NO2S/c11-9(13)10(12,14)18-15-7(16)5-3-1-2-4-6(5)8(15)17/h1-4,9H. The molecule has 0 aliphatic carbocycles. The molecule has 0 saturated heterocycles. The van der Waals surface area contributed by atoms with Crippen LogP contribution in [0.3, 0.4) is 0 Å². The van der Waals surface area contributed by atoms with Gasteiger partial charge in [0.25, 0.3) is 11.8 Å². The second-order valence-electron chi connectivity index (χ2n) is 3.40. The van der Waals surface area contributed by atoms with Crippen LogP contribution < -0.4 is 0 Å². The summed E-state index contributed by atoms with van der Waals surface area (Å²) in [6, 6.07) is 6.61. The fourth-order valence-corrected chi connectivity index (χ4v) is 3.11. The van der Waals surface area contributed by atoms with Gasteiger partial charge in [0, 0.05) is 0 Å². The Hall–Kier alpha value is 0.250. The summed E-state index contributed by atoms with van der Waals surface area (Å²) in [5.74, 6) is -0.787. The highest BCUT2D eigenvalue weighted by Gasteiger charge is 2.43. The van der Waals surface area contributed by atoms with Gasteiger partial charge in [0.1, 0.15) is 4.29 Å². The van der Waals surface area contributed by atoms with E-state index in [-0.39, 0.29) is 0 Å². The molecule has 1 aromatic rings. The van der Waals surface area contributed by atoms with Gasteiger partial charge >= 0.3 is 0 Å². The van der Waals surface area contributed by atoms with E-state index < -0.39 is 19.2 Å². The van der Waals surface area contributed by atoms with Gasteiger partial charge in [0.2, 0.25) is 0 Å². The molecule has 0 bridgehead atoms. The summed E-state index contributed by atoms with van der Waals surface area (Å²) in [5, 5.41) is 0. The molecule has 96 valence electrons. The molecule has 2 atom stereocenters. The third-order valence-electron chi connectivity index (χ3n) is 2.22. The Bertz CT molecular complexity index is 489. The van der Waals surface area contributed by atoms with Crippen molar-refractivity contribution in [1.29, 1.82) is 0 Å². The van der Waals surface area contributed by atoms with E-state index >= 15 is 0 Å². The molecule has 3 nitrogen and oxygen atoms in total. The lowest BCUT2D eigenvalue weighted by atomic mass is 10.1. The van der Waals surface area contributed by atoms with Crippen LogP contribution in [0.1, 0.15) is 20.7 Å². The molecule has 1 heterocycles. The van der Waals surface area contributed by atoms with Gasteiger partial charge in [0.05, 0.1) is 11.1 Å². The summed E-state index contributed by atoms with van der Waals surface area (Å²) in [6.45, 7) is 0. The Kier molecular flexibility index (Phi) is 4.33. The molecule has 0 N–H and O–H groups in total. The molecule has 1 aliphatic heterocycles. The van der Waals surface area contributed by atoms with Crippen molar-refractivity contribution in [3.63, 3.8) is 0 Å². The number of amides is 2. The second kappa shape index (κ2) is 5.32. The van der Waals surface area contributed by atoms with Crippen LogP contribution >= 0.6 is 67.0 Å². The minimum absolute atomic E-state index is 0.371. The molecule has 2 amide bonds. The molecule has 8 heteroatoms. The van der Waals surface area contributed by atoms with Crippen molar-refractivity contribution in [3.05, 3.63) is 35.4 Å². The number of halogens is 4. The lowest BCUT2D eigenvalue weighted by molar-refractivity contribution is 0.0776. The Labute approximate surface area is 135 Å². The first-order valence-electron chi connectivity index (χ1n) is 4.67. The van der Waals surface area contributed by atoms with Crippen LogP contribution in [-0.2, 0) is 0 Å². The minimum Gasteiger partial charge on any atom is -0.268 e. The zero-order valence-corrected chi connectivity index (χ0v) is 14.1. The summed E-state index contributed by atoms with van der Waals surface area (Å²) in [7, 11) is 0. The summed E-state index contributed by atoms with van der Waals surface area (Å²) in [6.07, 6.45) is 0. The first kappa shape index (κ1) is 14.7. The van der Waals surface area contributed by atoms with Crippen LogP contribution in [0.5, 0.6) is 0 Å². The van der Waals surface area contributed by atoms with E-state index in [1.165, 1.54) is 0 Å². The number of hydrogen-bond donors (Lipinski definition) is 0. The third kappa shape index (κ3) is 2.58. The molecule has 0 aromatic heterocycles. The van der Waals surface area contributed by atoms with Crippen molar-refractivity contribution in [2.45, 2.75) is 7.40 Å². The molecule has 0 spiro atoms. The average molecular weight is 434 g/mol. The van der Waals surface area contributed by atoms with E-state index in [4.69, 9.17) is 23.2 Å². The zero-order chi connectivity index (χ0) is 13.5. The predicted molar refractivity (Wildman–Crippen MR) is 80.6 cm³/mol. The first-order chi connectivity index (χ1) is 8.34. The van der Waals surface area contributed by atoms with Crippen LogP contribution in [-0.4, -0.2) is 23.5 Å². The molecule has 2 rings (SSSR count). The Morgan fingerprint density at radius 1 is 1.22 bits per heavy atom. The van der Waals surface area contributed by atoms with E-state index in [0.29, 0.717) is 11.1 Å². The van der Waals surface area contributed by atoms with Crippen LogP contribution in [0.25, 0.3) is 0 Å². The van der Waals surface area contributed by atoms with Crippen molar-refractivity contribution in [3.8, 4) is 0 Å². The molecule has 2 unspecified atom stereocenters. The van der Waals surface area contributed by atoms with Gasteiger partial charge in [-0.25, -0.2) is 4.31 Å². The third-order valence-corrected chi connectivity index (χ3v) is 7.23. The Morgan fingerprint density at radius 2 is 1.67 bits per heavy atom. The quantitative estimate of drug-likeness (QED) is 0.407. The van der Waals surface area contributed by atoms with Gasteiger partial charge in [0.15, 0.2) is 3.12 Å². The molecular formula is C10H5Br2Cl2NO2S.